The van der Waals surface area contributed by atoms with E-state index in [9.17, 15) is 13.6 Å². The van der Waals surface area contributed by atoms with E-state index in [1.54, 1.807) is 6.92 Å². The smallest absolute Gasteiger partial charge is 0.303 e. The number of hydrogen-bond acceptors (Lipinski definition) is 4. The molecule has 5 nitrogen and oxygen atoms in total. The van der Waals surface area contributed by atoms with E-state index in [0.717, 1.165) is 5.56 Å². The van der Waals surface area contributed by atoms with Gasteiger partial charge in [-0.3, -0.25) is 4.79 Å². The summed E-state index contributed by atoms with van der Waals surface area (Å²) in [4.78, 5) is 10.8. The van der Waals surface area contributed by atoms with Gasteiger partial charge in [0.2, 0.25) is 0 Å². The summed E-state index contributed by atoms with van der Waals surface area (Å²) in [5.74, 6) is -2.69. The van der Waals surface area contributed by atoms with Gasteiger partial charge in [0.25, 0.3) is 0 Å². The van der Waals surface area contributed by atoms with Crippen LogP contribution >= 0.6 is 0 Å². The van der Waals surface area contributed by atoms with Crippen molar-refractivity contribution in [3.8, 4) is 17.0 Å². The first-order valence-corrected chi connectivity index (χ1v) is 9.28. The number of ether oxygens (including phenoxy) is 1. The van der Waals surface area contributed by atoms with E-state index in [4.69, 9.17) is 14.4 Å². The Balaban J connectivity index is 1.52. The first-order chi connectivity index (χ1) is 13.9. The third-order valence-corrected chi connectivity index (χ3v) is 5.20. The largest absolute Gasteiger partial charge is 0.483 e. The molecule has 1 aliphatic carbocycles. The molecule has 0 aliphatic heterocycles. The minimum atomic E-state index is -0.906. The van der Waals surface area contributed by atoms with Crippen LogP contribution in [0, 0.1) is 24.5 Å². The number of carboxylic acid groups (broad SMARTS) is 1. The Kier molecular flexibility index (Phi) is 5.05. The number of halogens is 2. The molecule has 2 atom stereocenters. The average Bonchev–Trinajstić information content (AvgIpc) is 3.34. The molecule has 1 fully saturated rings. The highest BCUT2D eigenvalue weighted by Crippen LogP contribution is 2.50. The SMILES string of the molecule is Cc1onc(-c2ccccc2)c1COc1c(F)cc(C2CC2CC(=O)O)cc1F. The quantitative estimate of drug-likeness (QED) is 0.599. The topological polar surface area (TPSA) is 72.6 Å². The standard InChI is InChI=1S/C22H19F2NO4/c1-12-17(21(25-29-12)13-5-3-2-4-6-13)11-28-22-18(23)8-15(9-19(22)24)16-7-14(16)10-20(26)27/h2-6,8-9,14,16H,7,10-11H2,1H3,(H,26,27). The van der Waals surface area contributed by atoms with Crippen LogP contribution < -0.4 is 4.74 Å². The Morgan fingerprint density at radius 3 is 2.59 bits per heavy atom. The zero-order chi connectivity index (χ0) is 20.5. The predicted octanol–water partition coefficient (Wildman–Crippen LogP) is 5.09. The summed E-state index contributed by atoms with van der Waals surface area (Å²) in [6, 6.07) is 11.8. The van der Waals surface area contributed by atoms with Crippen LogP contribution in [0.15, 0.2) is 47.0 Å². The molecule has 2 unspecified atom stereocenters. The van der Waals surface area contributed by atoms with Gasteiger partial charge >= 0.3 is 5.97 Å². The number of rotatable bonds is 7. The van der Waals surface area contributed by atoms with Crippen molar-refractivity contribution in [2.45, 2.75) is 32.3 Å². The summed E-state index contributed by atoms with van der Waals surface area (Å²) >= 11 is 0. The molecule has 0 radical (unpaired) electrons. The summed E-state index contributed by atoms with van der Waals surface area (Å²) in [5, 5.41) is 12.9. The van der Waals surface area contributed by atoms with Gasteiger partial charge < -0.3 is 14.4 Å². The molecule has 1 aliphatic rings. The summed E-state index contributed by atoms with van der Waals surface area (Å²) in [6.07, 6.45) is 0.618. The van der Waals surface area contributed by atoms with Crippen LogP contribution in [0.1, 0.15) is 35.6 Å². The second-order valence-electron chi connectivity index (χ2n) is 7.23. The van der Waals surface area contributed by atoms with Gasteiger partial charge in [-0.15, -0.1) is 0 Å². The summed E-state index contributed by atoms with van der Waals surface area (Å²) in [5.41, 5.74) is 2.46. The molecule has 7 heteroatoms. The van der Waals surface area contributed by atoms with Gasteiger partial charge in [-0.2, -0.15) is 0 Å². The zero-order valence-electron chi connectivity index (χ0n) is 15.7. The number of carboxylic acids is 1. The highest BCUT2D eigenvalue weighted by atomic mass is 19.1. The Morgan fingerprint density at radius 2 is 1.93 bits per heavy atom. The highest BCUT2D eigenvalue weighted by Gasteiger charge is 2.40. The van der Waals surface area contributed by atoms with E-state index < -0.39 is 23.4 Å². The van der Waals surface area contributed by atoms with E-state index in [0.29, 0.717) is 29.0 Å². The number of aromatic nitrogens is 1. The fraction of sp³-hybridized carbons (Fsp3) is 0.273. The lowest BCUT2D eigenvalue weighted by Gasteiger charge is -2.11. The van der Waals surface area contributed by atoms with Crippen molar-refractivity contribution in [3.05, 3.63) is 71.0 Å². The van der Waals surface area contributed by atoms with E-state index in [-0.39, 0.29) is 24.9 Å². The summed E-state index contributed by atoms with van der Waals surface area (Å²) < 4.78 is 39.7. The van der Waals surface area contributed by atoms with Crippen LogP contribution in [0.25, 0.3) is 11.3 Å². The molecule has 1 heterocycles. The van der Waals surface area contributed by atoms with Crippen LogP contribution in [0.5, 0.6) is 5.75 Å². The first kappa shape index (κ1) is 19.1. The molecule has 1 saturated carbocycles. The third-order valence-electron chi connectivity index (χ3n) is 5.20. The second kappa shape index (κ2) is 7.66. The third kappa shape index (κ3) is 3.99. The van der Waals surface area contributed by atoms with Gasteiger partial charge in [-0.05, 0) is 42.9 Å². The molecule has 150 valence electrons. The highest BCUT2D eigenvalue weighted by molar-refractivity contribution is 5.68. The minimum Gasteiger partial charge on any atom is -0.483 e. The van der Waals surface area contributed by atoms with E-state index in [1.165, 1.54) is 12.1 Å². The molecule has 0 spiro atoms. The molecular weight excluding hydrogens is 380 g/mol. The number of aryl methyl sites for hydroxylation is 1. The maximum absolute atomic E-state index is 14.5. The second-order valence-corrected chi connectivity index (χ2v) is 7.23. The lowest BCUT2D eigenvalue weighted by Crippen LogP contribution is -2.03. The van der Waals surface area contributed by atoms with Crippen LogP contribution in [-0.4, -0.2) is 16.2 Å². The monoisotopic (exact) mass is 399 g/mol. The van der Waals surface area contributed by atoms with Crippen molar-refractivity contribution in [1.82, 2.24) is 5.16 Å². The van der Waals surface area contributed by atoms with Gasteiger partial charge in [-0.25, -0.2) is 8.78 Å². The van der Waals surface area contributed by atoms with Gasteiger partial charge in [0.15, 0.2) is 17.4 Å². The van der Waals surface area contributed by atoms with Crippen molar-refractivity contribution >= 4 is 5.97 Å². The van der Waals surface area contributed by atoms with Gasteiger partial charge in [0.1, 0.15) is 18.1 Å². The van der Waals surface area contributed by atoms with Gasteiger partial charge in [-0.1, -0.05) is 35.5 Å². The Hall–Kier alpha value is -3.22. The minimum absolute atomic E-state index is 0.00118. The van der Waals surface area contributed by atoms with Crippen molar-refractivity contribution in [2.24, 2.45) is 5.92 Å². The van der Waals surface area contributed by atoms with Crippen LogP contribution in [0.4, 0.5) is 8.78 Å². The lowest BCUT2D eigenvalue weighted by molar-refractivity contribution is -0.137. The van der Waals surface area contributed by atoms with Crippen LogP contribution in [0.2, 0.25) is 0 Å². The average molecular weight is 399 g/mol. The molecule has 2 aromatic carbocycles. The fourth-order valence-corrected chi connectivity index (χ4v) is 3.57. The first-order valence-electron chi connectivity index (χ1n) is 9.28. The maximum Gasteiger partial charge on any atom is 0.303 e. The Bertz CT molecular complexity index is 1030. The molecule has 1 N–H and O–H groups in total. The maximum atomic E-state index is 14.5. The molecule has 3 aromatic rings. The molecule has 0 amide bonds. The zero-order valence-corrected chi connectivity index (χ0v) is 15.7. The fourth-order valence-electron chi connectivity index (χ4n) is 3.57. The van der Waals surface area contributed by atoms with Crippen molar-refractivity contribution in [1.29, 1.82) is 0 Å². The van der Waals surface area contributed by atoms with E-state index in [2.05, 4.69) is 5.16 Å². The molecule has 29 heavy (non-hydrogen) atoms. The molecule has 0 bridgehead atoms. The van der Waals surface area contributed by atoms with Crippen LogP contribution in [-0.2, 0) is 11.4 Å². The Labute approximate surface area is 165 Å². The normalized spacial score (nSPS) is 17.9. The molecule has 1 aromatic heterocycles. The van der Waals surface area contributed by atoms with Crippen molar-refractivity contribution in [2.75, 3.05) is 0 Å². The summed E-state index contributed by atoms with van der Waals surface area (Å²) in [7, 11) is 0. The molecule has 0 saturated heterocycles. The van der Waals surface area contributed by atoms with Crippen molar-refractivity contribution in [3.63, 3.8) is 0 Å². The molecule has 4 rings (SSSR count). The van der Waals surface area contributed by atoms with Crippen LogP contribution in [0.3, 0.4) is 0 Å². The Morgan fingerprint density at radius 1 is 1.24 bits per heavy atom. The number of carbonyl (C=O) groups is 1. The van der Waals surface area contributed by atoms with Gasteiger partial charge in [0, 0.05) is 12.0 Å². The predicted molar refractivity (Wildman–Crippen MR) is 100 cm³/mol. The number of nitrogens with zero attached hydrogens (tertiary/aromatic N) is 1. The number of hydrogen-bond donors (Lipinski definition) is 1. The van der Waals surface area contributed by atoms with E-state index >= 15 is 0 Å². The van der Waals surface area contributed by atoms with Crippen molar-refractivity contribution < 1.29 is 27.9 Å². The lowest BCUT2D eigenvalue weighted by atomic mass is 10.1. The molecular formula is C22H19F2NO4. The van der Waals surface area contributed by atoms with E-state index in [1.807, 2.05) is 30.3 Å². The van der Waals surface area contributed by atoms with Gasteiger partial charge in [0.05, 0.1) is 5.56 Å². The number of benzene rings is 2. The number of aliphatic carboxylic acids is 1. The summed E-state index contributed by atoms with van der Waals surface area (Å²) in [6.45, 7) is 1.61.